The standard InChI is InChI=1S/C17H26N2O.2ClH/c18-17-14-8-9-15(17)13-19(12-14)10-4-5-11-20-16-6-2-1-3-7-16;;/h1-3,6-7,14-15,17H,4-5,8-13,18H2;2*1H/t14-,15+,17?;;. The van der Waals surface area contributed by atoms with Gasteiger partial charge in [0.15, 0.2) is 0 Å². The van der Waals surface area contributed by atoms with Crippen LogP contribution in [0.25, 0.3) is 0 Å². The van der Waals surface area contributed by atoms with Gasteiger partial charge in [-0.2, -0.15) is 0 Å². The predicted octanol–water partition coefficient (Wildman–Crippen LogP) is 3.36. The van der Waals surface area contributed by atoms with Crippen LogP contribution in [0.4, 0.5) is 0 Å². The fourth-order valence-electron chi connectivity index (χ4n) is 3.69. The van der Waals surface area contributed by atoms with E-state index in [0.717, 1.165) is 30.6 Å². The fraction of sp³-hybridized carbons (Fsp3) is 0.647. The Morgan fingerprint density at radius 1 is 1.00 bits per heavy atom. The second kappa shape index (κ2) is 9.61. The van der Waals surface area contributed by atoms with Crippen LogP contribution in [0.3, 0.4) is 0 Å². The quantitative estimate of drug-likeness (QED) is 0.802. The third-order valence-corrected chi connectivity index (χ3v) is 4.86. The zero-order valence-electron chi connectivity index (χ0n) is 13.0. The van der Waals surface area contributed by atoms with Crippen molar-refractivity contribution in [1.82, 2.24) is 4.90 Å². The zero-order chi connectivity index (χ0) is 13.8. The molecule has 0 amide bonds. The lowest BCUT2D eigenvalue weighted by molar-refractivity contribution is 0.143. The van der Waals surface area contributed by atoms with Crippen molar-refractivity contribution in [2.24, 2.45) is 17.6 Å². The molecule has 2 N–H and O–H groups in total. The highest BCUT2D eigenvalue weighted by Gasteiger charge is 2.39. The van der Waals surface area contributed by atoms with E-state index >= 15 is 0 Å². The van der Waals surface area contributed by atoms with Gasteiger partial charge >= 0.3 is 0 Å². The highest BCUT2D eigenvalue weighted by Crippen LogP contribution is 2.35. The largest absolute Gasteiger partial charge is 0.494 e. The van der Waals surface area contributed by atoms with Gasteiger partial charge in [0, 0.05) is 19.1 Å². The monoisotopic (exact) mass is 346 g/mol. The Hall–Kier alpha value is -0.480. The second-order valence-electron chi connectivity index (χ2n) is 6.30. The van der Waals surface area contributed by atoms with E-state index in [9.17, 15) is 0 Å². The average Bonchev–Trinajstić information content (AvgIpc) is 2.70. The van der Waals surface area contributed by atoms with Crippen LogP contribution < -0.4 is 10.5 Å². The van der Waals surface area contributed by atoms with Crippen LogP contribution in [-0.4, -0.2) is 37.2 Å². The summed E-state index contributed by atoms with van der Waals surface area (Å²) in [6.45, 7) is 4.47. The Labute approximate surface area is 146 Å². The van der Waals surface area contributed by atoms with Gasteiger partial charge in [-0.05, 0) is 56.2 Å². The molecule has 1 aliphatic carbocycles. The van der Waals surface area contributed by atoms with E-state index in [0.29, 0.717) is 6.04 Å². The molecule has 1 unspecified atom stereocenters. The Kier molecular flexibility index (Phi) is 8.55. The number of halogens is 2. The van der Waals surface area contributed by atoms with E-state index in [1.807, 2.05) is 30.3 Å². The maximum atomic E-state index is 6.24. The first-order valence-electron chi connectivity index (χ1n) is 7.99. The molecule has 1 aromatic rings. The summed E-state index contributed by atoms with van der Waals surface area (Å²) >= 11 is 0. The van der Waals surface area contributed by atoms with Crippen molar-refractivity contribution in [2.45, 2.75) is 31.7 Å². The smallest absolute Gasteiger partial charge is 0.119 e. The van der Waals surface area contributed by atoms with Crippen molar-refractivity contribution >= 4 is 24.8 Å². The molecule has 22 heavy (non-hydrogen) atoms. The molecule has 2 aliphatic rings. The van der Waals surface area contributed by atoms with Crippen molar-refractivity contribution < 1.29 is 4.74 Å². The number of hydrogen-bond acceptors (Lipinski definition) is 3. The molecule has 3 rings (SSSR count). The third-order valence-electron chi connectivity index (χ3n) is 4.86. The summed E-state index contributed by atoms with van der Waals surface area (Å²) < 4.78 is 5.73. The van der Waals surface area contributed by atoms with Crippen molar-refractivity contribution in [3.8, 4) is 5.75 Å². The summed E-state index contributed by atoms with van der Waals surface area (Å²) in [5, 5.41) is 0. The zero-order valence-corrected chi connectivity index (χ0v) is 14.7. The van der Waals surface area contributed by atoms with Gasteiger partial charge in [-0.3, -0.25) is 0 Å². The Bertz CT molecular complexity index is 404. The summed E-state index contributed by atoms with van der Waals surface area (Å²) in [5.41, 5.74) is 6.24. The molecule has 2 bridgehead atoms. The summed E-state index contributed by atoms with van der Waals surface area (Å²) in [6.07, 6.45) is 5.05. The molecule has 3 nitrogen and oxygen atoms in total. The van der Waals surface area contributed by atoms with Crippen molar-refractivity contribution in [2.75, 3.05) is 26.2 Å². The van der Waals surface area contributed by atoms with Gasteiger partial charge in [-0.25, -0.2) is 0 Å². The second-order valence-corrected chi connectivity index (χ2v) is 6.30. The fourth-order valence-corrected chi connectivity index (χ4v) is 3.69. The molecule has 1 saturated carbocycles. The summed E-state index contributed by atoms with van der Waals surface area (Å²) in [6, 6.07) is 10.6. The van der Waals surface area contributed by atoms with E-state index in [4.69, 9.17) is 10.5 Å². The molecule has 1 aromatic carbocycles. The molecule has 5 heteroatoms. The normalized spacial score (nSPS) is 26.9. The van der Waals surface area contributed by atoms with Gasteiger partial charge in [0.2, 0.25) is 0 Å². The average molecular weight is 347 g/mol. The van der Waals surface area contributed by atoms with Crippen LogP contribution in [0.2, 0.25) is 0 Å². The number of piperidine rings is 1. The van der Waals surface area contributed by atoms with Crippen LogP contribution >= 0.6 is 24.8 Å². The number of likely N-dealkylation sites (tertiary alicyclic amines) is 1. The molecule has 1 heterocycles. The van der Waals surface area contributed by atoms with Crippen molar-refractivity contribution in [3.05, 3.63) is 30.3 Å². The number of nitrogens with zero attached hydrogens (tertiary/aromatic N) is 1. The van der Waals surface area contributed by atoms with Crippen LogP contribution in [0.5, 0.6) is 5.75 Å². The number of benzene rings is 1. The molecule has 1 saturated heterocycles. The molecule has 126 valence electrons. The molecule has 0 aromatic heterocycles. The van der Waals surface area contributed by atoms with E-state index in [-0.39, 0.29) is 24.8 Å². The highest BCUT2D eigenvalue weighted by atomic mass is 35.5. The maximum absolute atomic E-state index is 6.24. The molecule has 0 radical (unpaired) electrons. The summed E-state index contributed by atoms with van der Waals surface area (Å²) in [7, 11) is 0. The third kappa shape index (κ3) is 5.02. The number of nitrogens with two attached hydrogens (primary N) is 1. The molecular formula is C17H28Cl2N2O. The topological polar surface area (TPSA) is 38.5 Å². The number of para-hydroxylation sites is 1. The number of hydrogen-bond donors (Lipinski definition) is 1. The van der Waals surface area contributed by atoms with E-state index in [1.54, 1.807) is 0 Å². The molecular weight excluding hydrogens is 319 g/mol. The highest BCUT2D eigenvalue weighted by molar-refractivity contribution is 5.85. The number of unbranched alkanes of at least 4 members (excludes halogenated alkanes) is 1. The minimum absolute atomic E-state index is 0. The van der Waals surface area contributed by atoms with Crippen molar-refractivity contribution in [1.29, 1.82) is 0 Å². The molecule has 1 aliphatic heterocycles. The number of ether oxygens (including phenoxy) is 1. The SMILES string of the molecule is Cl.Cl.NC1[C@@H]2CC[C@H]1CN(CCCCOc1ccccc1)C2. The summed E-state index contributed by atoms with van der Waals surface area (Å²) in [4.78, 5) is 2.62. The van der Waals surface area contributed by atoms with Gasteiger partial charge < -0.3 is 15.4 Å². The van der Waals surface area contributed by atoms with E-state index in [1.165, 1.54) is 38.9 Å². The van der Waals surface area contributed by atoms with Gasteiger partial charge in [-0.15, -0.1) is 24.8 Å². The predicted molar refractivity (Wildman–Crippen MR) is 96.3 cm³/mol. The lowest BCUT2D eigenvalue weighted by atomic mass is 9.93. The molecule has 0 spiro atoms. The van der Waals surface area contributed by atoms with Crippen LogP contribution in [0, 0.1) is 11.8 Å². The van der Waals surface area contributed by atoms with Crippen LogP contribution in [0.15, 0.2) is 30.3 Å². The minimum atomic E-state index is 0. The van der Waals surface area contributed by atoms with Gasteiger partial charge in [0.05, 0.1) is 6.61 Å². The lowest BCUT2D eigenvalue weighted by Crippen LogP contribution is -2.48. The number of rotatable bonds is 6. The van der Waals surface area contributed by atoms with E-state index in [2.05, 4.69) is 4.90 Å². The Morgan fingerprint density at radius 3 is 2.27 bits per heavy atom. The lowest BCUT2D eigenvalue weighted by Gasteiger charge is -2.36. The first-order valence-corrected chi connectivity index (χ1v) is 7.99. The van der Waals surface area contributed by atoms with Crippen LogP contribution in [-0.2, 0) is 0 Å². The van der Waals surface area contributed by atoms with Gasteiger partial charge in [0.1, 0.15) is 5.75 Å². The Morgan fingerprint density at radius 2 is 1.64 bits per heavy atom. The summed E-state index contributed by atoms with van der Waals surface area (Å²) in [5.74, 6) is 2.50. The first-order chi connectivity index (χ1) is 9.83. The number of fused-ring (bicyclic) bond motifs is 2. The van der Waals surface area contributed by atoms with Gasteiger partial charge in [0.25, 0.3) is 0 Å². The minimum Gasteiger partial charge on any atom is -0.494 e. The van der Waals surface area contributed by atoms with Crippen LogP contribution in [0.1, 0.15) is 25.7 Å². The first kappa shape index (κ1) is 19.6. The molecule has 3 atom stereocenters. The Balaban J connectivity index is 0.00000121. The van der Waals surface area contributed by atoms with Crippen molar-refractivity contribution in [3.63, 3.8) is 0 Å². The van der Waals surface area contributed by atoms with E-state index < -0.39 is 0 Å². The molecule has 2 fully saturated rings. The van der Waals surface area contributed by atoms with Gasteiger partial charge in [-0.1, -0.05) is 18.2 Å². The maximum Gasteiger partial charge on any atom is 0.119 e.